The normalized spacial score (nSPS) is 13.8. The highest BCUT2D eigenvalue weighted by molar-refractivity contribution is 6.08. The van der Waals surface area contributed by atoms with Crippen molar-refractivity contribution in [2.45, 2.75) is 12.8 Å². The monoisotopic (exact) mass is 662 g/mol. The molecule has 3 heterocycles. The molecule has 0 unspecified atom stereocenters. The van der Waals surface area contributed by atoms with Gasteiger partial charge in [0.15, 0.2) is 0 Å². The van der Waals surface area contributed by atoms with E-state index in [9.17, 15) is 9.59 Å². The first-order valence-corrected chi connectivity index (χ1v) is 17.5. The average Bonchev–Trinajstić information content (AvgIpc) is 3.18. The van der Waals surface area contributed by atoms with Crippen molar-refractivity contribution in [3.63, 3.8) is 0 Å². The average molecular weight is 663 g/mol. The number of hydrogen-bond donors (Lipinski definition) is 2. The summed E-state index contributed by atoms with van der Waals surface area (Å²) in [4.78, 5) is 41.2. The molecule has 0 atom stereocenters. The fourth-order valence-corrected chi connectivity index (χ4v) is 6.68. The number of pyridine rings is 2. The molecule has 0 radical (unpaired) electrons. The van der Waals surface area contributed by atoms with Gasteiger partial charge in [0.2, 0.25) is 0 Å². The van der Waals surface area contributed by atoms with Crippen LogP contribution in [0.1, 0.15) is 33.6 Å². The lowest BCUT2D eigenvalue weighted by Crippen LogP contribution is -2.47. The van der Waals surface area contributed by atoms with E-state index in [1.54, 1.807) is 0 Å². The van der Waals surface area contributed by atoms with Crippen LogP contribution in [0.4, 0.5) is 0 Å². The van der Waals surface area contributed by atoms with E-state index in [0.29, 0.717) is 24.2 Å². The fourth-order valence-electron chi connectivity index (χ4n) is 6.68. The Hall–Kier alpha value is -5.44. The van der Waals surface area contributed by atoms with Crippen LogP contribution in [-0.4, -0.2) is 83.9 Å². The molecule has 2 N–H and O–H groups in total. The highest BCUT2D eigenvalue weighted by Crippen LogP contribution is 2.26. The zero-order valence-corrected chi connectivity index (χ0v) is 28.2. The van der Waals surface area contributed by atoms with Gasteiger partial charge in [-0.3, -0.25) is 9.59 Å². The molecule has 1 aliphatic heterocycles. The van der Waals surface area contributed by atoms with Crippen molar-refractivity contribution in [2.75, 3.05) is 52.4 Å². The summed E-state index contributed by atoms with van der Waals surface area (Å²) in [5.41, 5.74) is 6.54. The Kier molecular flexibility index (Phi) is 10.5. The van der Waals surface area contributed by atoms with Crippen LogP contribution >= 0.6 is 0 Å². The lowest BCUT2D eigenvalue weighted by atomic mass is 10.0. The number of fused-ring (bicyclic) bond motifs is 2. The van der Waals surface area contributed by atoms with Gasteiger partial charge in [0.05, 0.1) is 33.5 Å². The molecule has 4 aromatic carbocycles. The lowest BCUT2D eigenvalue weighted by molar-refractivity contribution is 0.0936. The highest BCUT2D eigenvalue weighted by Gasteiger charge is 2.18. The third-order valence-corrected chi connectivity index (χ3v) is 9.40. The summed E-state index contributed by atoms with van der Waals surface area (Å²) in [5, 5.41) is 8.03. The van der Waals surface area contributed by atoms with E-state index in [1.807, 2.05) is 121 Å². The van der Waals surface area contributed by atoms with Gasteiger partial charge in [0, 0.05) is 61.2 Å². The predicted octanol–water partition coefficient (Wildman–Crippen LogP) is 6.67. The van der Waals surface area contributed by atoms with Gasteiger partial charge in [-0.05, 0) is 50.2 Å². The largest absolute Gasteiger partial charge is 0.352 e. The molecular weight excluding hydrogens is 621 g/mol. The lowest BCUT2D eigenvalue weighted by Gasteiger charge is -2.34. The molecule has 1 fully saturated rings. The maximum Gasteiger partial charge on any atom is 0.252 e. The van der Waals surface area contributed by atoms with Crippen LogP contribution in [0.15, 0.2) is 121 Å². The van der Waals surface area contributed by atoms with E-state index in [-0.39, 0.29) is 11.8 Å². The number of amides is 2. The Bertz CT molecular complexity index is 1930. The molecule has 8 nitrogen and oxygen atoms in total. The van der Waals surface area contributed by atoms with Crippen molar-refractivity contribution in [3.8, 4) is 22.5 Å². The molecule has 7 rings (SSSR count). The van der Waals surface area contributed by atoms with Gasteiger partial charge in [0.25, 0.3) is 11.8 Å². The Morgan fingerprint density at radius 1 is 0.520 bits per heavy atom. The fraction of sp³-hybridized carbons (Fsp3) is 0.238. The van der Waals surface area contributed by atoms with Crippen molar-refractivity contribution in [3.05, 3.63) is 132 Å². The number of nitrogens with zero attached hydrogens (tertiary/aromatic N) is 4. The minimum atomic E-state index is -0.0635. The van der Waals surface area contributed by atoms with Gasteiger partial charge in [-0.25, -0.2) is 9.97 Å². The van der Waals surface area contributed by atoms with E-state index in [1.165, 1.54) is 0 Å². The Morgan fingerprint density at radius 3 is 1.32 bits per heavy atom. The number of aromatic nitrogens is 2. The number of hydrogen-bond acceptors (Lipinski definition) is 6. The molecule has 1 saturated heterocycles. The summed E-state index contributed by atoms with van der Waals surface area (Å²) in [7, 11) is 0. The van der Waals surface area contributed by atoms with Crippen molar-refractivity contribution in [1.82, 2.24) is 30.4 Å². The highest BCUT2D eigenvalue weighted by atomic mass is 16.2. The van der Waals surface area contributed by atoms with Gasteiger partial charge in [-0.2, -0.15) is 0 Å². The second kappa shape index (κ2) is 15.8. The first-order valence-electron chi connectivity index (χ1n) is 17.5. The number of rotatable bonds is 12. The molecule has 0 bridgehead atoms. The van der Waals surface area contributed by atoms with Gasteiger partial charge in [0.1, 0.15) is 0 Å². The molecule has 1 aliphatic rings. The van der Waals surface area contributed by atoms with E-state index in [0.717, 1.165) is 96.4 Å². The number of nitrogens with one attached hydrogen (secondary N) is 2. The molecular formula is C42H42N6O2. The van der Waals surface area contributed by atoms with Crippen molar-refractivity contribution in [2.24, 2.45) is 0 Å². The van der Waals surface area contributed by atoms with E-state index in [2.05, 4.69) is 20.4 Å². The zero-order valence-electron chi connectivity index (χ0n) is 28.2. The Morgan fingerprint density at radius 2 is 0.900 bits per heavy atom. The topological polar surface area (TPSA) is 90.5 Å². The molecule has 252 valence electrons. The molecule has 2 aromatic heterocycles. The van der Waals surface area contributed by atoms with E-state index in [4.69, 9.17) is 9.97 Å². The Balaban J connectivity index is 0.843. The summed E-state index contributed by atoms with van der Waals surface area (Å²) < 4.78 is 0. The van der Waals surface area contributed by atoms with Gasteiger partial charge >= 0.3 is 0 Å². The molecule has 0 spiro atoms. The third-order valence-electron chi connectivity index (χ3n) is 9.40. The number of para-hydroxylation sites is 2. The number of piperazine rings is 1. The first kappa shape index (κ1) is 33.1. The Labute approximate surface area is 293 Å². The molecule has 8 heteroatoms. The number of benzene rings is 4. The van der Waals surface area contributed by atoms with Gasteiger partial charge in [-0.15, -0.1) is 0 Å². The quantitative estimate of drug-likeness (QED) is 0.142. The summed E-state index contributed by atoms with van der Waals surface area (Å²) >= 11 is 0. The van der Waals surface area contributed by atoms with Gasteiger partial charge in [-0.1, -0.05) is 97.1 Å². The van der Waals surface area contributed by atoms with E-state index < -0.39 is 0 Å². The van der Waals surface area contributed by atoms with Crippen molar-refractivity contribution in [1.29, 1.82) is 0 Å². The smallest absolute Gasteiger partial charge is 0.252 e. The molecule has 0 aliphatic carbocycles. The third kappa shape index (κ3) is 7.88. The summed E-state index contributed by atoms with van der Waals surface area (Å²) in [6.45, 7) is 7.14. The van der Waals surface area contributed by atoms with Crippen LogP contribution in [0.25, 0.3) is 44.3 Å². The van der Waals surface area contributed by atoms with Crippen LogP contribution in [0.3, 0.4) is 0 Å². The molecule has 6 aromatic rings. The van der Waals surface area contributed by atoms with Crippen LogP contribution < -0.4 is 10.6 Å². The maximum atomic E-state index is 13.3. The van der Waals surface area contributed by atoms with Crippen molar-refractivity contribution >= 4 is 33.6 Å². The molecule has 0 saturated carbocycles. The van der Waals surface area contributed by atoms with Crippen molar-refractivity contribution < 1.29 is 9.59 Å². The minimum Gasteiger partial charge on any atom is -0.352 e. The van der Waals surface area contributed by atoms with Crippen LogP contribution in [-0.2, 0) is 0 Å². The van der Waals surface area contributed by atoms with Crippen LogP contribution in [0.2, 0.25) is 0 Å². The van der Waals surface area contributed by atoms with E-state index >= 15 is 0 Å². The van der Waals surface area contributed by atoms with Crippen LogP contribution in [0.5, 0.6) is 0 Å². The summed E-state index contributed by atoms with van der Waals surface area (Å²) in [6.07, 6.45) is 1.78. The predicted molar refractivity (Wildman–Crippen MR) is 201 cm³/mol. The van der Waals surface area contributed by atoms with Gasteiger partial charge < -0.3 is 20.4 Å². The number of carbonyl (C=O) groups is 2. The zero-order chi connectivity index (χ0) is 34.1. The summed E-state index contributed by atoms with van der Waals surface area (Å²) in [5.74, 6) is -0.127. The second-order valence-corrected chi connectivity index (χ2v) is 12.8. The van der Waals surface area contributed by atoms with Crippen LogP contribution in [0, 0.1) is 0 Å². The number of carbonyl (C=O) groups excluding carboxylic acids is 2. The second-order valence-electron chi connectivity index (χ2n) is 12.8. The SMILES string of the molecule is O=C(NCCCN1CCN(CCCNC(=O)c2cc(-c3ccccc3)nc3ccccc23)CC1)c1cc(-c2ccccc2)nc2ccccc12. The molecule has 50 heavy (non-hydrogen) atoms. The maximum absolute atomic E-state index is 13.3. The molecule has 2 amide bonds. The minimum absolute atomic E-state index is 0.0635. The standard InChI is InChI=1S/C42H42N6O2/c49-41(35-29-39(31-13-3-1-4-14-31)45-37-19-9-7-17-33(35)37)43-21-11-23-47-25-27-48(28-26-47)24-12-22-44-42(50)36-30-40(32-15-5-2-6-16-32)46-38-20-10-8-18-34(36)38/h1-10,13-20,29-30H,11-12,21-28H2,(H,43,49)(H,44,50). The first-order chi connectivity index (χ1) is 24.6. The summed E-state index contributed by atoms with van der Waals surface area (Å²) in [6, 6.07) is 39.4.